The minimum absolute atomic E-state index is 0.0967. The second-order valence-electron chi connectivity index (χ2n) is 8.70. The second kappa shape index (κ2) is 7.98. The zero-order valence-corrected chi connectivity index (χ0v) is 19.5. The molecular formula is C21H22N6O7S. The van der Waals surface area contributed by atoms with Crippen molar-refractivity contribution < 1.29 is 22.8 Å². The molecule has 13 nitrogen and oxygen atoms in total. The molecule has 3 aromatic rings. The van der Waals surface area contributed by atoms with Gasteiger partial charge in [0.1, 0.15) is 17.9 Å². The monoisotopic (exact) mass is 502 g/mol. The average Bonchev–Trinajstić information content (AvgIpc) is 3.43. The van der Waals surface area contributed by atoms with Crippen LogP contribution in [0.15, 0.2) is 52.3 Å². The molecular weight excluding hydrogens is 480 g/mol. The van der Waals surface area contributed by atoms with Crippen LogP contribution in [0.25, 0.3) is 11.0 Å². The molecule has 3 atom stereocenters. The fourth-order valence-corrected chi connectivity index (χ4v) is 6.27. The summed E-state index contributed by atoms with van der Waals surface area (Å²) in [5.74, 6) is -1.05. The first-order chi connectivity index (χ1) is 16.5. The number of H-pyrrole nitrogens is 2. The number of hydrogen-bond acceptors (Lipinski definition) is 9. The summed E-state index contributed by atoms with van der Waals surface area (Å²) in [6.45, 7) is 3.13. The van der Waals surface area contributed by atoms with Crippen LogP contribution in [0.1, 0.15) is 19.4 Å². The topological polar surface area (TPSA) is 187 Å². The number of fused-ring (bicyclic) bond motifs is 2. The number of nitrogen functional groups attached to an aromatic ring is 1. The highest BCUT2D eigenvalue weighted by molar-refractivity contribution is 7.89. The normalized spacial score (nSPS) is 23.2. The van der Waals surface area contributed by atoms with Crippen molar-refractivity contribution in [2.45, 2.75) is 49.3 Å². The van der Waals surface area contributed by atoms with E-state index < -0.39 is 55.1 Å². The molecule has 5 rings (SSSR count). The molecule has 0 radical (unpaired) electrons. The molecule has 1 aromatic carbocycles. The van der Waals surface area contributed by atoms with Crippen LogP contribution in [0.4, 0.5) is 11.6 Å². The second-order valence-corrected chi connectivity index (χ2v) is 10.6. The number of anilines is 1. The molecule has 35 heavy (non-hydrogen) atoms. The molecule has 2 aliphatic rings. The lowest BCUT2D eigenvalue weighted by Gasteiger charge is -2.31. The van der Waals surface area contributed by atoms with Crippen LogP contribution in [-0.4, -0.2) is 56.6 Å². The van der Waals surface area contributed by atoms with Crippen molar-refractivity contribution in [3.63, 3.8) is 0 Å². The molecule has 1 aliphatic heterocycles. The molecule has 1 saturated heterocycles. The number of para-hydroxylation sites is 1. The van der Waals surface area contributed by atoms with Gasteiger partial charge in [-0.15, -0.1) is 0 Å². The number of nitro benzene ring substituents is 1. The Bertz CT molecular complexity index is 1530. The number of aromatic amines is 2. The van der Waals surface area contributed by atoms with E-state index in [1.165, 1.54) is 24.4 Å². The van der Waals surface area contributed by atoms with Gasteiger partial charge in [0.2, 0.25) is 5.95 Å². The molecule has 1 fully saturated rings. The summed E-state index contributed by atoms with van der Waals surface area (Å²) in [6.07, 6.45) is 3.59. The molecule has 4 N–H and O–H groups in total. The first-order valence-electron chi connectivity index (χ1n) is 10.6. The van der Waals surface area contributed by atoms with E-state index in [9.17, 15) is 23.3 Å². The molecule has 0 unspecified atom stereocenters. The number of benzene rings is 1. The van der Waals surface area contributed by atoms with Crippen molar-refractivity contribution in [3.05, 3.63) is 68.6 Å². The standard InChI is InChI=1S/C21H22N6O7S/c1-21(2)33-14-8-7-13(17(14)34-21)26(35(31,32)15-6-4-3-5-12(15)27(29)30)10-11-9-23-18-16(11)19(28)25-20(22)24-18/h3-9,13-14,17H,10H2,1-2H3,(H4,22,23,24,25,28)/t13-,14-,17+/m0/s1. The van der Waals surface area contributed by atoms with E-state index in [0.717, 1.165) is 10.4 Å². The Morgan fingerprint density at radius 1 is 1.26 bits per heavy atom. The Hall–Kier alpha value is -3.59. The Morgan fingerprint density at radius 3 is 2.74 bits per heavy atom. The largest absolute Gasteiger partial charge is 0.369 e. The molecule has 0 amide bonds. The van der Waals surface area contributed by atoms with Gasteiger partial charge in [0.15, 0.2) is 10.7 Å². The summed E-state index contributed by atoms with van der Waals surface area (Å²) in [4.78, 5) is 32.3. The van der Waals surface area contributed by atoms with E-state index >= 15 is 0 Å². The first-order valence-corrected chi connectivity index (χ1v) is 12.1. The number of rotatable bonds is 6. The summed E-state index contributed by atoms with van der Waals surface area (Å²) in [5, 5.41) is 11.8. The third-order valence-electron chi connectivity index (χ3n) is 5.95. The van der Waals surface area contributed by atoms with Crippen molar-refractivity contribution in [3.8, 4) is 0 Å². The summed E-state index contributed by atoms with van der Waals surface area (Å²) in [7, 11) is -4.47. The lowest BCUT2D eigenvalue weighted by molar-refractivity contribution is -0.387. The predicted octanol–water partition coefficient (Wildman–Crippen LogP) is 1.39. The number of nitrogens with zero attached hydrogens (tertiary/aromatic N) is 3. The highest BCUT2D eigenvalue weighted by atomic mass is 32.2. The zero-order valence-electron chi connectivity index (χ0n) is 18.7. The lowest BCUT2D eigenvalue weighted by atomic mass is 10.1. The minimum atomic E-state index is -4.47. The first kappa shape index (κ1) is 23.2. The number of sulfonamides is 1. The Kier molecular flexibility index (Phi) is 5.28. The molecule has 1 aliphatic carbocycles. The Labute approximate surface area is 198 Å². The van der Waals surface area contributed by atoms with E-state index in [0.29, 0.717) is 5.56 Å². The zero-order chi connectivity index (χ0) is 25.1. The summed E-state index contributed by atoms with van der Waals surface area (Å²) in [5.41, 5.74) is 5.00. The maximum atomic E-state index is 14.0. The van der Waals surface area contributed by atoms with Crippen molar-refractivity contribution in [1.82, 2.24) is 19.3 Å². The van der Waals surface area contributed by atoms with Crippen molar-refractivity contribution >= 4 is 32.7 Å². The Balaban J connectivity index is 1.65. The molecule has 184 valence electrons. The lowest BCUT2D eigenvalue weighted by Crippen LogP contribution is -2.46. The van der Waals surface area contributed by atoms with E-state index in [4.69, 9.17) is 15.2 Å². The minimum Gasteiger partial charge on any atom is -0.369 e. The number of nitro groups is 1. The number of aromatic nitrogens is 3. The van der Waals surface area contributed by atoms with E-state index in [1.54, 1.807) is 26.0 Å². The fraction of sp³-hybridized carbons (Fsp3) is 0.333. The van der Waals surface area contributed by atoms with Gasteiger partial charge in [0.05, 0.1) is 16.4 Å². The number of nitrogens with one attached hydrogen (secondary N) is 2. The SMILES string of the molecule is CC1(C)O[C@H]2[C@H](C=C[C@@H]2N(Cc2c[nH]c3nc(N)[nH]c(=O)c23)S(=O)(=O)c2ccccc2[N+](=O)[O-])O1. The van der Waals surface area contributed by atoms with Gasteiger partial charge in [-0.1, -0.05) is 24.3 Å². The van der Waals surface area contributed by atoms with E-state index in [-0.39, 0.29) is 23.5 Å². The van der Waals surface area contributed by atoms with Crippen LogP contribution in [0, 0.1) is 10.1 Å². The van der Waals surface area contributed by atoms with Crippen LogP contribution in [0.3, 0.4) is 0 Å². The van der Waals surface area contributed by atoms with E-state index in [2.05, 4.69) is 15.0 Å². The summed E-state index contributed by atoms with van der Waals surface area (Å²) < 4.78 is 40.8. The van der Waals surface area contributed by atoms with Crippen LogP contribution in [0.5, 0.6) is 0 Å². The molecule has 0 saturated carbocycles. The van der Waals surface area contributed by atoms with Gasteiger partial charge in [-0.3, -0.25) is 19.9 Å². The predicted molar refractivity (Wildman–Crippen MR) is 124 cm³/mol. The van der Waals surface area contributed by atoms with Gasteiger partial charge >= 0.3 is 0 Å². The van der Waals surface area contributed by atoms with E-state index in [1.807, 2.05) is 0 Å². The third kappa shape index (κ3) is 3.89. The van der Waals surface area contributed by atoms with Crippen molar-refractivity contribution in [2.75, 3.05) is 5.73 Å². The van der Waals surface area contributed by atoms with Crippen molar-refractivity contribution in [1.29, 1.82) is 0 Å². The maximum absolute atomic E-state index is 14.0. The van der Waals surface area contributed by atoms with Gasteiger partial charge in [0, 0.05) is 18.8 Å². The van der Waals surface area contributed by atoms with Gasteiger partial charge in [-0.2, -0.15) is 9.29 Å². The van der Waals surface area contributed by atoms with Gasteiger partial charge in [-0.05, 0) is 25.5 Å². The third-order valence-corrected chi connectivity index (χ3v) is 7.84. The molecule has 2 aromatic heterocycles. The highest BCUT2D eigenvalue weighted by Gasteiger charge is 2.51. The van der Waals surface area contributed by atoms with Crippen LogP contribution in [-0.2, 0) is 26.0 Å². The summed E-state index contributed by atoms with van der Waals surface area (Å²) in [6, 6.07) is 4.24. The highest BCUT2D eigenvalue weighted by Crippen LogP contribution is 2.39. The smallest absolute Gasteiger partial charge is 0.289 e. The Morgan fingerprint density at radius 2 is 2.00 bits per heavy atom. The number of ether oxygens (including phenoxy) is 2. The fourth-order valence-electron chi connectivity index (χ4n) is 4.54. The van der Waals surface area contributed by atoms with Gasteiger partial charge < -0.3 is 20.2 Å². The van der Waals surface area contributed by atoms with Gasteiger partial charge in [-0.25, -0.2) is 8.42 Å². The molecule has 0 bridgehead atoms. The quantitative estimate of drug-likeness (QED) is 0.254. The molecule has 0 spiro atoms. The molecule has 3 heterocycles. The summed E-state index contributed by atoms with van der Waals surface area (Å²) >= 11 is 0. The van der Waals surface area contributed by atoms with Crippen molar-refractivity contribution in [2.24, 2.45) is 0 Å². The van der Waals surface area contributed by atoms with Crippen LogP contribution < -0.4 is 11.3 Å². The number of hydrogen-bond donors (Lipinski definition) is 3. The maximum Gasteiger partial charge on any atom is 0.289 e. The molecule has 14 heteroatoms. The average molecular weight is 503 g/mol. The van der Waals surface area contributed by atoms with Crippen LogP contribution in [0.2, 0.25) is 0 Å². The van der Waals surface area contributed by atoms with Crippen LogP contribution >= 0.6 is 0 Å². The number of nitrogens with two attached hydrogens (primary N) is 1. The van der Waals surface area contributed by atoms with Gasteiger partial charge in [0.25, 0.3) is 21.3 Å².